The van der Waals surface area contributed by atoms with Crippen molar-refractivity contribution in [3.05, 3.63) is 11.4 Å². The van der Waals surface area contributed by atoms with E-state index < -0.39 is 30.5 Å². The third-order valence-corrected chi connectivity index (χ3v) is 6.21. The van der Waals surface area contributed by atoms with E-state index in [1.54, 1.807) is 7.05 Å². The molecule has 1 aromatic rings. The number of esters is 1. The molecule has 1 aromatic heterocycles. The first-order chi connectivity index (χ1) is 13.4. The van der Waals surface area contributed by atoms with Crippen molar-refractivity contribution in [2.45, 2.75) is 58.0 Å². The predicted molar refractivity (Wildman–Crippen MR) is 99.2 cm³/mol. The second-order valence-corrected chi connectivity index (χ2v) is 7.72. The minimum absolute atomic E-state index is 0.357. The SMILES string of the molecule is COC(=O)CN1C(=O)C2C(=Nc3n(C4CCCCC4)c(C)c(C)[n+]32)N(C)C1=O. The monoisotopic (exact) mass is 388 g/mol. The zero-order valence-corrected chi connectivity index (χ0v) is 16.8. The van der Waals surface area contributed by atoms with Crippen LogP contribution in [0.4, 0.5) is 10.7 Å². The zero-order chi connectivity index (χ0) is 20.2. The molecule has 3 heterocycles. The molecule has 9 nitrogen and oxygen atoms in total. The first-order valence-electron chi connectivity index (χ1n) is 9.74. The van der Waals surface area contributed by atoms with Crippen molar-refractivity contribution in [1.82, 2.24) is 14.4 Å². The molecule has 1 atom stereocenters. The van der Waals surface area contributed by atoms with Crippen LogP contribution in [0.5, 0.6) is 0 Å². The smallest absolute Gasteiger partial charge is 0.402 e. The van der Waals surface area contributed by atoms with Crippen molar-refractivity contribution in [1.29, 1.82) is 0 Å². The summed E-state index contributed by atoms with van der Waals surface area (Å²) >= 11 is 0. The van der Waals surface area contributed by atoms with Gasteiger partial charge in [-0.1, -0.05) is 11.4 Å². The first kappa shape index (κ1) is 18.6. The van der Waals surface area contributed by atoms with E-state index in [9.17, 15) is 14.4 Å². The quantitative estimate of drug-likeness (QED) is 0.581. The maximum Gasteiger partial charge on any atom is 0.402 e. The van der Waals surface area contributed by atoms with Crippen LogP contribution < -0.4 is 4.57 Å². The molecule has 1 unspecified atom stereocenters. The van der Waals surface area contributed by atoms with Gasteiger partial charge >= 0.3 is 17.9 Å². The summed E-state index contributed by atoms with van der Waals surface area (Å²) < 4.78 is 8.79. The number of imidazole rings is 1. The van der Waals surface area contributed by atoms with Crippen molar-refractivity contribution in [3.63, 3.8) is 0 Å². The van der Waals surface area contributed by atoms with E-state index in [1.807, 2.05) is 11.5 Å². The minimum Gasteiger partial charge on any atom is -0.468 e. The molecule has 2 fully saturated rings. The van der Waals surface area contributed by atoms with Crippen LogP contribution in [-0.4, -0.2) is 58.8 Å². The third kappa shape index (κ3) is 2.56. The van der Waals surface area contributed by atoms with E-state index in [4.69, 9.17) is 4.99 Å². The number of hydrogen-bond donors (Lipinski definition) is 0. The third-order valence-electron chi connectivity index (χ3n) is 6.21. The molecule has 0 aromatic carbocycles. The highest BCUT2D eigenvalue weighted by atomic mass is 16.5. The minimum atomic E-state index is -0.731. The number of aromatic nitrogens is 2. The van der Waals surface area contributed by atoms with Crippen LogP contribution in [0.2, 0.25) is 0 Å². The lowest BCUT2D eigenvalue weighted by Gasteiger charge is -2.32. The lowest BCUT2D eigenvalue weighted by Crippen LogP contribution is -2.64. The molecule has 4 rings (SSSR count). The number of ether oxygens (including phenoxy) is 1. The number of methoxy groups -OCH3 is 1. The number of aliphatic imine (C=N–C) groups is 1. The second-order valence-electron chi connectivity index (χ2n) is 7.72. The Labute approximate surface area is 163 Å². The Bertz CT molecular complexity index is 897. The van der Waals surface area contributed by atoms with Gasteiger partial charge in [-0.2, -0.15) is 0 Å². The molecule has 0 N–H and O–H groups in total. The molecule has 2 aliphatic heterocycles. The Balaban J connectivity index is 1.79. The van der Waals surface area contributed by atoms with Gasteiger partial charge in [-0.3, -0.25) is 14.5 Å². The Hall–Kier alpha value is -2.71. The predicted octanol–water partition coefficient (Wildman–Crippen LogP) is 1.55. The summed E-state index contributed by atoms with van der Waals surface area (Å²) in [6, 6.07) is -0.934. The van der Waals surface area contributed by atoms with Crippen LogP contribution in [0, 0.1) is 13.8 Å². The summed E-state index contributed by atoms with van der Waals surface area (Å²) in [7, 11) is 2.82. The summed E-state index contributed by atoms with van der Waals surface area (Å²) in [5.41, 5.74) is 2.05. The zero-order valence-electron chi connectivity index (χ0n) is 16.8. The van der Waals surface area contributed by atoms with Crippen LogP contribution >= 0.6 is 0 Å². The average molecular weight is 388 g/mol. The maximum atomic E-state index is 13.2. The molecule has 9 heteroatoms. The number of carbonyl (C=O) groups excluding carboxylic acids is 3. The summed E-state index contributed by atoms with van der Waals surface area (Å²) in [6.45, 7) is 3.63. The van der Waals surface area contributed by atoms with Crippen molar-refractivity contribution >= 4 is 29.7 Å². The molecule has 150 valence electrons. The summed E-state index contributed by atoms with van der Waals surface area (Å²) in [5, 5.41) is 0. The van der Waals surface area contributed by atoms with Gasteiger partial charge in [0, 0.05) is 7.05 Å². The molecule has 28 heavy (non-hydrogen) atoms. The van der Waals surface area contributed by atoms with Gasteiger partial charge in [-0.05, 0) is 39.5 Å². The number of likely N-dealkylation sites (N-methyl/N-ethyl adjacent to an activating group) is 1. The van der Waals surface area contributed by atoms with Crippen LogP contribution in [0.25, 0.3) is 0 Å². The number of rotatable bonds is 3. The molecule has 1 aliphatic carbocycles. The van der Waals surface area contributed by atoms with E-state index in [-0.39, 0.29) is 0 Å². The van der Waals surface area contributed by atoms with Crippen LogP contribution in [0.3, 0.4) is 0 Å². The number of imide groups is 1. The molecule has 1 saturated heterocycles. The van der Waals surface area contributed by atoms with Crippen molar-refractivity contribution < 1.29 is 23.7 Å². The average Bonchev–Trinajstić information content (AvgIpc) is 3.20. The van der Waals surface area contributed by atoms with Gasteiger partial charge < -0.3 is 4.74 Å². The van der Waals surface area contributed by atoms with E-state index in [1.165, 1.54) is 31.3 Å². The number of amidine groups is 1. The number of nitrogens with zero attached hydrogens (tertiary/aromatic N) is 5. The highest BCUT2D eigenvalue weighted by Gasteiger charge is 2.55. The summed E-state index contributed by atoms with van der Waals surface area (Å²) in [5.74, 6) is 0.0554. The fourth-order valence-corrected chi connectivity index (χ4v) is 4.58. The van der Waals surface area contributed by atoms with Crippen molar-refractivity contribution in [2.75, 3.05) is 20.7 Å². The van der Waals surface area contributed by atoms with Crippen LogP contribution in [-0.2, 0) is 14.3 Å². The van der Waals surface area contributed by atoms with Gasteiger partial charge in [0.2, 0.25) is 11.9 Å². The molecule has 3 aliphatic rings. The van der Waals surface area contributed by atoms with Crippen LogP contribution in [0.1, 0.15) is 55.6 Å². The van der Waals surface area contributed by atoms with Gasteiger partial charge in [-0.25, -0.2) is 18.8 Å². The number of fused-ring (bicyclic) bond motifs is 3. The Kier molecular flexibility index (Phi) is 4.47. The largest absolute Gasteiger partial charge is 0.468 e. The molecule has 3 amide bonds. The molecule has 1 saturated carbocycles. The van der Waals surface area contributed by atoms with Crippen LogP contribution in [0.15, 0.2) is 4.99 Å². The standard InChI is InChI=1S/C19H26N5O4/c1-11-12(2)24-15-16(20-18(24)23(11)13-8-6-5-7-9-13)21(3)19(27)22(17(15)26)10-14(25)28-4/h13,15H,5-10H2,1-4H3/q+1. The number of hydrogen-bond acceptors (Lipinski definition) is 5. The Morgan fingerprint density at radius 2 is 1.89 bits per heavy atom. The van der Waals surface area contributed by atoms with Gasteiger partial charge in [0.1, 0.15) is 17.9 Å². The van der Waals surface area contributed by atoms with E-state index in [0.29, 0.717) is 11.9 Å². The fourth-order valence-electron chi connectivity index (χ4n) is 4.58. The molecular weight excluding hydrogens is 362 g/mol. The van der Waals surface area contributed by atoms with Gasteiger partial charge in [0.25, 0.3) is 5.91 Å². The highest BCUT2D eigenvalue weighted by Crippen LogP contribution is 2.37. The van der Waals surface area contributed by atoms with E-state index in [2.05, 4.69) is 16.2 Å². The molecule has 0 radical (unpaired) electrons. The summed E-state index contributed by atoms with van der Waals surface area (Å²) in [4.78, 5) is 44.6. The van der Waals surface area contributed by atoms with Crippen molar-refractivity contribution in [2.24, 2.45) is 4.99 Å². The Morgan fingerprint density at radius 1 is 1.21 bits per heavy atom. The molecule has 0 spiro atoms. The lowest BCUT2D eigenvalue weighted by molar-refractivity contribution is -0.683. The first-order valence-corrected chi connectivity index (χ1v) is 9.74. The second kappa shape index (κ2) is 6.72. The molecular formula is C19H26N5O4+. The van der Waals surface area contributed by atoms with E-state index in [0.717, 1.165) is 35.1 Å². The fraction of sp³-hybridized carbons (Fsp3) is 0.632. The number of urea groups is 1. The lowest BCUT2D eigenvalue weighted by atomic mass is 9.95. The molecule has 0 bridgehead atoms. The van der Waals surface area contributed by atoms with Gasteiger partial charge in [0.15, 0.2) is 0 Å². The van der Waals surface area contributed by atoms with Gasteiger partial charge in [-0.15, -0.1) is 0 Å². The number of carbonyl (C=O) groups is 3. The van der Waals surface area contributed by atoms with E-state index >= 15 is 0 Å². The normalized spacial score (nSPS) is 22.3. The Morgan fingerprint density at radius 3 is 2.54 bits per heavy atom. The topological polar surface area (TPSA) is 88.1 Å². The number of amides is 3. The summed E-state index contributed by atoms with van der Waals surface area (Å²) in [6.07, 6.45) is 5.81. The van der Waals surface area contributed by atoms with Crippen molar-refractivity contribution in [3.8, 4) is 0 Å². The highest BCUT2D eigenvalue weighted by molar-refractivity contribution is 6.19. The van der Waals surface area contributed by atoms with Gasteiger partial charge in [0.05, 0.1) is 13.2 Å². The maximum absolute atomic E-state index is 13.2.